The first kappa shape index (κ1) is 43.6. The number of hydrogen-bond acceptors (Lipinski definition) is 6. The highest BCUT2D eigenvalue weighted by molar-refractivity contribution is 5.69. The molecular formula is C39H63F3N2O6. The molecular weight excluding hydrogens is 649 g/mol. The maximum absolute atomic E-state index is 13.2. The summed E-state index contributed by atoms with van der Waals surface area (Å²) in [4.78, 5) is 38.0. The topological polar surface area (TPSA) is 99.6 Å². The molecule has 2 heterocycles. The fourth-order valence-electron chi connectivity index (χ4n) is 6.56. The first-order valence-corrected chi connectivity index (χ1v) is 19.5. The van der Waals surface area contributed by atoms with Crippen LogP contribution >= 0.6 is 0 Å². The summed E-state index contributed by atoms with van der Waals surface area (Å²) in [5.41, 5.74) is -4.11. The van der Waals surface area contributed by atoms with Crippen LogP contribution in [0.2, 0.25) is 0 Å². The number of aromatic amines is 1. The number of alkyl halides is 3. The lowest BCUT2D eigenvalue weighted by Gasteiger charge is -2.18. The summed E-state index contributed by atoms with van der Waals surface area (Å²) in [6.45, 7) is 1.97. The van der Waals surface area contributed by atoms with Gasteiger partial charge >= 0.3 is 17.8 Å². The van der Waals surface area contributed by atoms with E-state index in [-0.39, 0.29) is 26.1 Å². The maximum Gasteiger partial charge on any atom is 0.423 e. The number of hydrogen-bond donors (Lipinski definition) is 1. The number of unbranched alkanes of at least 4 members (excludes halogenated alkanes) is 22. The van der Waals surface area contributed by atoms with Crippen molar-refractivity contribution in [2.75, 3.05) is 13.2 Å². The summed E-state index contributed by atoms with van der Waals surface area (Å²) in [6.07, 6.45) is 28.1. The van der Waals surface area contributed by atoms with Crippen LogP contribution in [0.4, 0.5) is 13.2 Å². The monoisotopic (exact) mass is 712 g/mol. The van der Waals surface area contributed by atoms with Gasteiger partial charge in [0.25, 0.3) is 5.56 Å². The Hall–Kier alpha value is -2.58. The van der Waals surface area contributed by atoms with Gasteiger partial charge in [0.15, 0.2) is 0 Å². The number of aromatic nitrogens is 2. The molecule has 11 heteroatoms. The van der Waals surface area contributed by atoms with Crippen LogP contribution in [0.3, 0.4) is 0 Å². The molecule has 0 unspecified atom stereocenters. The predicted octanol–water partition coefficient (Wildman–Crippen LogP) is 9.79. The zero-order valence-electron chi connectivity index (χ0n) is 30.5. The molecule has 50 heavy (non-hydrogen) atoms. The van der Waals surface area contributed by atoms with E-state index in [0.717, 1.165) is 19.3 Å². The van der Waals surface area contributed by atoms with Gasteiger partial charge in [0.1, 0.15) is 31.1 Å². The number of H-pyrrole nitrogens is 1. The van der Waals surface area contributed by atoms with Crippen molar-refractivity contribution in [3.8, 4) is 12.3 Å². The summed E-state index contributed by atoms with van der Waals surface area (Å²) in [5, 5.41) is 0. The lowest BCUT2D eigenvalue weighted by atomic mass is 10.0. The fraction of sp³-hybridized carbons (Fsp3) is 0.821. The highest BCUT2D eigenvalue weighted by atomic mass is 19.4. The predicted molar refractivity (Wildman–Crippen MR) is 191 cm³/mol. The van der Waals surface area contributed by atoms with Gasteiger partial charge in [-0.1, -0.05) is 154 Å². The van der Waals surface area contributed by atoms with Gasteiger partial charge in [0, 0.05) is 19.0 Å². The van der Waals surface area contributed by atoms with Crippen LogP contribution in [0.25, 0.3) is 0 Å². The van der Waals surface area contributed by atoms with E-state index in [2.05, 4.69) is 12.8 Å². The first-order valence-electron chi connectivity index (χ1n) is 19.5. The number of carbonyl (C=O) groups is 1. The molecule has 3 atom stereocenters. The summed E-state index contributed by atoms with van der Waals surface area (Å²) in [7, 11) is 0. The Balaban J connectivity index is 1.47. The van der Waals surface area contributed by atoms with Crippen LogP contribution in [0.15, 0.2) is 15.8 Å². The van der Waals surface area contributed by atoms with Crippen molar-refractivity contribution < 1.29 is 32.2 Å². The van der Waals surface area contributed by atoms with Gasteiger partial charge in [-0.3, -0.25) is 19.1 Å². The van der Waals surface area contributed by atoms with Crippen LogP contribution in [-0.2, 0) is 25.2 Å². The van der Waals surface area contributed by atoms with E-state index in [1.165, 1.54) is 122 Å². The number of ether oxygens (including phenoxy) is 3. The Labute approximate surface area is 297 Å². The van der Waals surface area contributed by atoms with Gasteiger partial charge in [-0.2, -0.15) is 13.2 Å². The lowest BCUT2D eigenvalue weighted by Crippen LogP contribution is -2.36. The number of nitrogens with one attached hydrogen (secondary N) is 1. The van der Waals surface area contributed by atoms with Crippen molar-refractivity contribution in [1.29, 1.82) is 0 Å². The minimum absolute atomic E-state index is 0.0212. The number of carbonyl (C=O) groups excluding carboxylic acids is 1. The molecule has 1 saturated heterocycles. The van der Waals surface area contributed by atoms with E-state index in [0.29, 0.717) is 17.2 Å². The van der Waals surface area contributed by atoms with Crippen LogP contribution < -0.4 is 11.2 Å². The second kappa shape index (κ2) is 26.2. The van der Waals surface area contributed by atoms with E-state index in [1.807, 2.05) is 0 Å². The number of esters is 1. The molecule has 1 aromatic heterocycles. The largest absolute Gasteiger partial charge is 0.463 e. The van der Waals surface area contributed by atoms with Crippen molar-refractivity contribution in [3.63, 3.8) is 0 Å². The highest BCUT2D eigenvalue weighted by Crippen LogP contribution is 2.32. The van der Waals surface area contributed by atoms with E-state index in [4.69, 9.17) is 20.6 Å². The summed E-state index contributed by atoms with van der Waals surface area (Å²) in [5.74, 6) is 1.91. The average Bonchev–Trinajstić information content (AvgIpc) is 3.48. The van der Waals surface area contributed by atoms with Gasteiger partial charge in [0.2, 0.25) is 0 Å². The van der Waals surface area contributed by atoms with Crippen molar-refractivity contribution >= 4 is 5.97 Å². The maximum atomic E-state index is 13.2. The van der Waals surface area contributed by atoms with Gasteiger partial charge < -0.3 is 14.2 Å². The molecule has 0 aliphatic carbocycles. The van der Waals surface area contributed by atoms with E-state index in [1.54, 1.807) is 4.98 Å². The second-order valence-electron chi connectivity index (χ2n) is 13.8. The third-order valence-corrected chi connectivity index (χ3v) is 9.54. The third kappa shape index (κ3) is 18.6. The quantitative estimate of drug-likeness (QED) is 0.0505. The molecule has 0 amide bonds. The van der Waals surface area contributed by atoms with E-state index in [9.17, 15) is 27.6 Å². The second-order valence-corrected chi connectivity index (χ2v) is 13.8. The number of nitrogens with zero attached hydrogens (tertiary/aromatic N) is 1. The molecule has 0 aromatic carbocycles. The van der Waals surface area contributed by atoms with E-state index < -0.39 is 47.4 Å². The average molecular weight is 713 g/mol. The third-order valence-electron chi connectivity index (χ3n) is 9.54. The van der Waals surface area contributed by atoms with Crippen molar-refractivity contribution in [3.05, 3.63) is 32.6 Å². The summed E-state index contributed by atoms with van der Waals surface area (Å²) < 4.78 is 57.1. The lowest BCUT2D eigenvalue weighted by molar-refractivity contribution is -0.151. The zero-order chi connectivity index (χ0) is 36.5. The minimum atomic E-state index is -4.96. The fourth-order valence-corrected chi connectivity index (χ4v) is 6.56. The molecule has 8 nitrogen and oxygen atoms in total. The molecule has 286 valence electrons. The van der Waals surface area contributed by atoms with Gasteiger partial charge in [-0.25, -0.2) is 4.79 Å². The first-order chi connectivity index (χ1) is 24.2. The Morgan fingerprint density at radius 2 is 1.30 bits per heavy atom. The van der Waals surface area contributed by atoms with Crippen LogP contribution in [0.1, 0.15) is 179 Å². The number of terminal acetylenes is 1. The van der Waals surface area contributed by atoms with Crippen LogP contribution in [0, 0.1) is 12.3 Å². The van der Waals surface area contributed by atoms with E-state index >= 15 is 0 Å². The zero-order valence-corrected chi connectivity index (χ0v) is 30.5. The number of halogens is 3. The molecule has 0 radical (unpaired) electrons. The van der Waals surface area contributed by atoms with Gasteiger partial charge in [-0.15, -0.1) is 6.42 Å². The SMILES string of the molecule is C#CCO[C@H]1C[C@H](n2cc(C(F)(F)F)c(=O)[nH]c2=O)O[C@@H]1COC(=O)CCCCCCCCCCCCCCCCCCCCCCCCC. The normalized spacial score (nSPS) is 17.6. The Morgan fingerprint density at radius 1 is 0.840 bits per heavy atom. The molecule has 1 aliphatic heterocycles. The van der Waals surface area contributed by atoms with Crippen molar-refractivity contribution in [1.82, 2.24) is 9.55 Å². The molecule has 0 saturated carbocycles. The summed E-state index contributed by atoms with van der Waals surface area (Å²) in [6, 6.07) is 0. The minimum Gasteiger partial charge on any atom is -0.463 e. The Kier molecular flexibility index (Phi) is 22.9. The van der Waals surface area contributed by atoms with Crippen LogP contribution in [0.5, 0.6) is 0 Å². The molecule has 0 spiro atoms. The molecule has 1 aliphatic rings. The van der Waals surface area contributed by atoms with Crippen molar-refractivity contribution in [2.24, 2.45) is 0 Å². The van der Waals surface area contributed by atoms with Gasteiger partial charge in [-0.05, 0) is 6.42 Å². The van der Waals surface area contributed by atoms with Crippen LogP contribution in [-0.4, -0.2) is 40.9 Å². The van der Waals surface area contributed by atoms with Crippen molar-refractivity contribution in [2.45, 2.75) is 192 Å². The number of rotatable bonds is 29. The highest BCUT2D eigenvalue weighted by Gasteiger charge is 2.40. The molecule has 1 N–H and O–H groups in total. The molecule has 1 fully saturated rings. The Morgan fingerprint density at radius 3 is 1.74 bits per heavy atom. The molecule has 0 bridgehead atoms. The van der Waals surface area contributed by atoms with Gasteiger partial charge in [0.05, 0.1) is 6.10 Å². The Bertz CT molecular complexity index is 1210. The smallest absolute Gasteiger partial charge is 0.423 e. The summed E-state index contributed by atoms with van der Waals surface area (Å²) >= 11 is 0. The standard InChI is InChI=1S/C39H63F3N2O6/c1-3-5-6-7-8-9-10-11-12-13-14-15-16-17-18-19-20-21-22-23-24-25-26-27-36(45)49-31-34-33(48-28-4-2)29-35(50-34)44-30-32(39(40,41)42)37(46)43-38(44)47/h2,30,33-35H,3,5-29,31H2,1H3,(H,43,46,47)/t33-,34+,35+/m0/s1. The molecule has 2 rings (SSSR count). The molecule has 1 aromatic rings.